The molecule has 2 N–H and O–H groups in total. The molecule has 0 aliphatic carbocycles. The minimum atomic E-state index is -1.19. The summed E-state index contributed by atoms with van der Waals surface area (Å²) >= 11 is 0. The summed E-state index contributed by atoms with van der Waals surface area (Å²) in [6, 6.07) is 12.8. The van der Waals surface area contributed by atoms with E-state index in [0.29, 0.717) is 11.3 Å². The van der Waals surface area contributed by atoms with E-state index in [1.165, 1.54) is 45.7 Å². The van der Waals surface area contributed by atoms with Crippen molar-refractivity contribution in [1.29, 1.82) is 0 Å². The Morgan fingerprint density at radius 1 is 1.00 bits per heavy atom. The predicted octanol–water partition coefficient (Wildman–Crippen LogP) is 1.74. The van der Waals surface area contributed by atoms with Crippen LogP contribution >= 0.6 is 0 Å². The van der Waals surface area contributed by atoms with Crippen LogP contribution in [0.2, 0.25) is 0 Å². The van der Waals surface area contributed by atoms with E-state index in [0.717, 1.165) is 4.57 Å². The number of hydrogen-bond donors (Lipinski definition) is 2. The fourth-order valence-electron chi connectivity index (χ4n) is 3.15. The van der Waals surface area contributed by atoms with Crippen LogP contribution in [0.5, 0.6) is 17.2 Å². The Morgan fingerprint density at radius 2 is 1.66 bits per heavy atom. The lowest BCUT2D eigenvalue weighted by molar-refractivity contribution is 0.0213. The summed E-state index contributed by atoms with van der Waals surface area (Å²) in [6.07, 6.45) is 0.186. The number of aliphatic hydroxyl groups excluding tert-OH is 1. The van der Waals surface area contributed by atoms with Gasteiger partial charge >= 0.3 is 11.7 Å². The van der Waals surface area contributed by atoms with Crippen molar-refractivity contribution in [3.63, 3.8) is 0 Å². The van der Waals surface area contributed by atoms with Crippen molar-refractivity contribution in [3.8, 4) is 17.2 Å². The second kappa shape index (κ2) is 11.7. The van der Waals surface area contributed by atoms with Gasteiger partial charge in [-0.05, 0) is 30.3 Å². The highest BCUT2D eigenvalue weighted by Gasteiger charge is 2.19. The van der Waals surface area contributed by atoms with Gasteiger partial charge in [-0.2, -0.15) is 4.98 Å². The molecule has 184 valence electrons. The van der Waals surface area contributed by atoms with Crippen LogP contribution in [0.3, 0.4) is 0 Å². The molecule has 0 saturated heterocycles. The minimum Gasteiger partial charge on any atom is -0.493 e. The minimum absolute atomic E-state index is 0.0726. The summed E-state index contributed by atoms with van der Waals surface area (Å²) in [5, 5.41) is 12.8. The van der Waals surface area contributed by atoms with Crippen molar-refractivity contribution in [2.75, 3.05) is 33.3 Å². The second-order valence-electron chi connectivity index (χ2n) is 7.23. The van der Waals surface area contributed by atoms with E-state index in [9.17, 15) is 19.5 Å². The molecule has 0 aliphatic heterocycles. The molecule has 0 aliphatic rings. The Hall–Kier alpha value is -4.38. The first-order chi connectivity index (χ1) is 16.9. The number of anilines is 1. The Balaban J connectivity index is 1.60. The highest BCUT2D eigenvalue weighted by Crippen LogP contribution is 2.38. The number of methoxy groups -OCH3 is 3. The van der Waals surface area contributed by atoms with Crippen LogP contribution < -0.4 is 25.2 Å². The fraction of sp³-hybridized carbons (Fsp3) is 0.250. The monoisotopic (exact) mass is 483 g/mol. The van der Waals surface area contributed by atoms with Crippen molar-refractivity contribution >= 4 is 17.7 Å². The number of nitrogens with zero attached hydrogens (tertiary/aromatic N) is 2. The average Bonchev–Trinajstić information content (AvgIpc) is 2.88. The normalized spacial score (nSPS) is 11.3. The fourth-order valence-corrected chi connectivity index (χ4v) is 3.15. The van der Waals surface area contributed by atoms with E-state index in [-0.39, 0.29) is 36.0 Å². The molecule has 2 aromatic carbocycles. The van der Waals surface area contributed by atoms with E-state index >= 15 is 0 Å². The number of carbonyl (C=O) groups excluding carboxylic acids is 2. The molecule has 0 fully saturated rings. The van der Waals surface area contributed by atoms with E-state index in [1.54, 1.807) is 30.3 Å². The molecule has 1 aromatic heterocycles. The third-order valence-corrected chi connectivity index (χ3v) is 4.87. The number of rotatable bonds is 10. The molecule has 35 heavy (non-hydrogen) atoms. The molecule has 11 heteroatoms. The smallest absolute Gasteiger partial charge is 0.349 e. The lowest BCUT2D eigenvalue weighted by Gasteiger charge is -2.15. The van der Waals surface area contributed by atoms with Crippen molar-refractivity contribution in [1.82, 2.24) is 9.55 Å². The third-order valence-electron chi connectivity index (χ3n) is 4.87. The van der Waals surface area contributed by atoms with Gasteiger partial charge in [0.1, 0.15) is 18.5 Å². The van der Waals surface area contributed by atoms with Gasteiger partial charge in [0.2, 0.25) is 5.75 Å². The van der Waals surface area contributed by atoms with Crippen LogP contribution in [0, 0.1) is 0 Å². The molecular weight excluding hydrogens is 458 g/mol. The molecule has 3 rings (SSSR count). The maximum atomic E-state index is 12.5. The molecule has 1 atom stereocenters. The molecule has 1 amide bonds. The summed E-state index contributed by atoms with van der Waals surface area (Å²) < 4.78 is 21.9. The average molecular weight is 483 g/mol. The lowest BCUT2D eigenvalue weighted by Crippen LogP contribution is -2.31. The molecule has 11 nitrogen and oxygen atoms in total. The SMILES string of the molecule is COc1cc(C(=O)OC[C@@H](O)Cn2ccc(NC(=O)c3ccccc3)nc2=O)cc(OC)c1OC. The number of hydrogen-bond acceptors (Lipinski definition) is 9. The molecular formula is C24H25N3O8. The van der Waals surface area contributed by atoms with Gasteiger partial charge in [0, 0.05) is 11.8 Å². The molecule has 0 saturated carbocycles. The summed E-state index contributed by atoms with van der Waals surface area (Å²) in [6.45, 7) is -0.560. The van der Waals surface area contributed by atoms with Crippen molar-refractivity contribution in [2.24, 2.45) is 0 Å². The van der Waals surface area contributed by atoms with Crippen LogP contribution in [0.1, 0.15) is 20.7 Å². The Morgan fingerprint density at radius 3 is 2.23 bits per heavy atom. The van der Waals surface area contributed by atoms with Gasteiger partial charge in [0.15, 0.2) is 11.5 Å². The van der Waals surface area contributed by atoms with Crippen LogP contribution in [-0.2, 0) is 11.3 Å². The van der Waals surface area contributed by atoms with Crippen LogP contribution in [0.4, 0.5) is 5.82 Å². The number of aromatic nitrogens is 2. The van der Waals surface area contributed by atoms with Gasteiger partial charge in [-0.3, -0.25) is 9.36 Å². The van der Waals surface area contributed by atoms with E-state index < -0.39 is 23.7 Å². The molecule has 0 bridgehead atoms. The predicted molar refractivity (Wildman–Crippen MR) is 125 cm³/mol. The summed E-state index contributed by atoms with van der Waals surface area (Å²) in [4.78, 5) is 40.8. The summed E-state index contributed by atoms with van der Waals surface area (Å²) in [5.74, 6) is -0.195. The molecule has 0 spiro atoms. The third kappa shape index (κ3) is 6.36. The molecule has 0 unspecified atom stereocenters. The number of amides is 1. The molecule has 0 radical (unpaired) electrons. The molecule has 1 heterocycles. The number of ether oxygens (including phenoxy) is 4. The first-order valence-corrected chi connectivity index (χ1v) is 10.4. The number of aliphatic hydroxyl groups is 1. The van der Waals surface area contributed by atoms with E-state index in [4.69, 9.17) is 18.9 Å². The van der Waals surface area contributed by atoms with Crippen LogP contribution in [0.15, 0.2) is 59.5 Å². The Bertz CT molecular complexity index is 1220. The van der Waals surface area contributed by atoms with Crippen LogP contribution in [-0.4, -0.2) is 60.6 Å². The van der Waals surface area contributed by atoms with Gasteiger partial charge in [-0.15, -0.1) is 0 Å². The largest absolute Gasteiger partial charge is 0.493 e. The number of benzene rings is 2. The van der Waals surface area contributed by atoms with Gasteiger partial charge in [-0.1, -0.05) is 18.2 Å². The molecule has 3 aromatic rings. The van der Waals surface area contributed by atoms with E-state index in [1.807, 2.05) is 0 Å². The highest BCUT2D eigenvalue weighted by atomic mass is 16.5. The maximum Gasteiger partial charge on any atom is 0.349 e. The standard InChI is InChI=1S/C24H25N3O8/c1-32-18-11-16(12-19(33-2)21(18)34-3)23(30)35-14-17(28)13-27-10-9-20(26-24(27)31)25-22(29)15-7-5-4-6-8-15/h4-12,17,28H,13-14H2,1-3H3,(H,25,26,29,31)/t17-/m0/s1. The van der Waals surface area contributed by atoms with E-state index in [2.05, 4.69) is 10.3 Å². The summed E-state index contributed by atoms with van der Waals surface area (Å²) in [5.41, 5.74) is -0.141. The Kier molecular flexibility index (Phi) is 8.41. The number of carbonyl (C=O) groups is 2. The highest BCUT2D eigenvalue weighted by molar-refractivity contribution is 6.03. The lowest BCUT2D eigenvalue weighted by atomic mass is 10.2. The van der Waals surface area contributed by atoms with Gasteiger partial charge in [-0.25, -0.2) is 9.59 Å². The van der Waals surface area contributed by atoms with Crippen molar-refractivity contribution < 1.29 is 33.6 Å². The van der Waals surface area contributed by atoms with Gasteiger partial charge in [0.05, 0.1) is 33.4 Å². The topological polar surface area (TPSA) is 138 Å². The first-order valence-electron chi connectivity index (χ1n) is 10.4. The first kappa shape index (κ1) is 25.2. The number of nitrogens with one attached hydrogen (secondary N) is 1. The van der Waals surface area contributed by atoms with Crippen LogP contribution in [0.25, 0.3) is 0 Å². The van der Waals surface area contributed by atoms with Gasteiger partial charge < -0.3 is 29.4 Å². The maximum absolute atomic E-state index is 12.5. The Labute approximate surface area is 200 Å². The zero-order valence-corrected chi connectivity index (χ0v) is 19.4. The number of esters is 1. The second-order valence-corrected chi connectivity index (χ2v) is 7.23. The van der Waals surface area contributed by atoms with Gasteiger partial charge in [0.25, 0.3) is 5.91 Å². The van der Waals surface area contributed by atoms with Crippen molar-refractivity contribution in [2.45, 2.75) is 12.6 Å². The summed E-state index contributed by atoms with van der Waals surface area (Å²) in [7, 11) is 4.27. The quantitative estimate of drug-likeness (QED) is 0.413. The van der Waals surface area contributed by atoms with Crippen molar-refractivity contribution in [3.05, 3.63) is 76.3 Å². The zero-order valence-electron chi connectivity index (χ0n) is 19.4. The zero-order chi connectivity index (χ0) is 25.4.